The fourth-order valence-electron chi connectivity index (χ4n) is 4.87. The SMILES string of the molecule is Cc1ccc(C(=O)Nc2ccc(CN3CCC(O)CC3)c(C(F)(F)F)c2)cc1C#Cc1c(C)nc2ccccn12. The Morgan fingerprint density at radius 1 is 1.07 bits per heavy atom. The van der Waals surface area contributed by atoms with E-state index in [1.165, 1.54) is 12.1 Å². The van der Waals surface area contributed by atoms with E-state index in [9.17, 15) is 23.1 Å². The summed E-state index contributed by atoms with van der Waals surface area (Å²) in [5.41, 5.74) is 3.51. The van der Waals surface area contributed by atoms with Crippen molar-refractivity contribution < 1.29 is 23.1 Å². The Kier molecular flexibility index (Phi) is 7.66. The highest BCUT2D eigenvalue weighted by atomic mass is 19.4. The van der Waals surface area contributed by atoms with Crippen molar-refractivity contribution in [2.24, 2.45) is 0 Å². The van der Waals surface area contributed by atoms with Crippen molar-refractivity contribution in [3.63, 3.8) is 0 Å². The van der Waals surface area contributed by atoms with Crippen LogP contribution >= 0.6 is 0 Å². The second-order valence-electron chi connectivity index (χ2n) is 10.1. The number of aryl methyl sites for hydroxylation is 2. The van der Waals surface area contributed by atoms with E-state index in [0.717, 1.165) is 28.7 Å². The number of nitrogens with one attached hydrogen (secondary N) is 1. The number of likely N-dealkylation sites (tertiary alicyclic amines) is 1. The van der Waals surface area contributed by atoms with Gasteiger partial charge in [0.15, 0.2) is 0 Å². The lowest BCUT2D eigenvalue weighted by atomic mass is 10.0. The smallest absolute Gasteiger partial charge is 0.393 e. The molecule has 206 valence electrons. The lowest BCUT2D eigenvalue weighted by molar-refractivity contribution is -0.138. The molecular formula is C31H29F3N4O2. The number of rotatable bonds is 4. The topological polar surface area (TPSA) is 69.9 Å². The molecule has 1 fully saturated rings. The van der Waals surface area contributed by atoms with Gasteiger partial charge in [-0.25, -0.2) is 4.98 Å². The average molecular weight is 547 g/mol. The second kappa shape index (κ2) is 11.2. The van der Waals surface area contributed by atoms with Crippen molar-refractivity contribution in [3.05, 3.63) is 100.0 Å². The summed E-state index contributed by atoms with van der Waals surface area (Å²) in [6.45, 7) is 4.95. The highest BCUT2D eigenvalue weighted by molar-refractivity contribution is 6.04. The molecule has 1 aliphatic heterocycles. The van der Waals surface area contributed by atoms with Crippen LogP contribution < -0.4 is 5.32 Å². The van der Waals surface area contributed by atoms with Gasteiger partial charge in [-0.1, -0.05) is 24.1 Å². The molecule has 0 unspecified atom stereocenters. The zero-order valence-corrected chi connectivity index (χ0v) is 22.2. The van der Waals surface area contributed by atoms with E-state index >= 15 is 0 Å². The summed E-state index contributed by atoms with van der Waals surface area (Å²) in [5, 5.41) is 12.3. The van der Waals surface area contributed by atoms with Gasteiger partial charge in [-0.05, 0) is 80.1 Å². The summed E-state index contributed by atoms with van der Waals surface area (Å²) in [5.74, 6) is 5.75. The van der Waals surface area contributed by atoms with Gasteiger partial charge < -0.3 is 10.4 Å². The van der Waals surface area contributed by atoms with Gasteiger partial charge in [-0.15, -0.1) is 0 Å². The van der Waals surface area contributed by atoms with Gasteiger partial charge in [0.1, 0.15) is 11.3 Å². The minimum Gasteiger partial charge on any atom is -0.393 e. The number of piperidine rings is 1. The Morgan fingerprint density at radius 2 is 1.85 bits per heavy atom. The zero-order valence-electron chi connectivity index (χ0n) is 22.2. The standard InChI is InChI=1S/C31H29F3N4O2/c1-20-6-7-23(17-22(20)9-11-28-21(2)35-29-5-3-4-14-38(28)29)30(40)36-25-10-8-24(27(18-25)31(32,33)34)19-37-15-12-26(39)13-16-37/h3-8,10,14,17-18,26,39H,12-13,15-16,19H2,1-2H3,(H,36,40). The number of aliphatic hydroxyl groups excluding tert-OH is 1. The Labute approximate surface area is 230 Å². The van der Waals surface area contributed by atoms with Crippen molar-refractivity contribution in [1.29, 1.82) is 0 Å². The molecule has 0 spiro atoms. The van der Waals surface area contributed by atoms with E-state index in [4.69, 9.17) is 0 Å². The number of pyridine rings is 1. The first kappa shape index (κ1) is 27.4. The summed E-state index contributed by atoms with van der Waals surface area (Å²) in [6.07, 6.45) is -2.02. The van der Waals surface area contributed by atoms with Crippen molar-refractivity contribution in [2.75, 3.05) is 18.4 Å². The van der Waals surface area contributed by atoms with Crippen LogP contribution in [-0.2, 0) is 12.7 Å². The molecule has 0 saturated carbocycles. The normalized spacial score (nSPS) is 14.7. The van der Waals surface area contributed by atoms with Gasteiger partial charge >= 0.3 is 6.18 Å². The predicted octanol–water partition coefficient (Wildman–Crippen LogP) is 5.58. The van der Waals surface area contributed by atoms with Gasteiger partial charge in [0, 0.05) is 42.6 Å². The van der Waals surface area contributed by atoms with Crippen LogP contribution in [-0.4, -0.2) is 44.5 Å². The number of anilines is 1. The zero-order chi connectivity index (χ0) is 28.4. The molecule has 2 aromatic carbocycles. The summed E-state index contributed by atoms with van der Waals surface area (Å²) >= 11 is 0. The predicted molar refractivity (Wildman–Crippen MR) is 147 cm³/mol. The van der Waals surface area contributed by atoms with Crippen LogP contribution in [0.2, 0.25) is 0 Å². The summed E-state index contributed by atoms with van der Waals surface area (Å²) in [7, 11) is 0. The van der Waals surface area contributed by atoms with Gasteiger partial charge in [-0.2, -0.15) is 13.2 Å². The second-order valence-corrected chi connectivity index (χ2v) is 10.1. The summed E-state index contributed by atoms with van der Waals surface area (Å²) in [4.78, 5) is 19.5. The number of alkyl halides is 3. The van der Waals surface area contributed by atoms with Crippen LogP contribution in [0.25, 0.3) is 5.65 Å². The van der Waals surface area contributed by atoms with Crippen LogP contribution in [0.5, 0.6) is 0 Å². The number of fused-ring (bicyclic) bond motifs is 1. The number of carbonyl (C=O) groups is 1. The third-order valence-electron chi connectivity index (χ3n) is 7.14. The average Bonchev–Trinajstić information content (AvgIpc) is 3.24. The third-order valence-corrected chi connectivity index (χ3v) is 7.14. The number of halogens is 3. The fraction of sp³-hybridized carbons (Fsp3) is 0.290. The van der Waals surface area contributed by atoms with Crippen LogP contribution in [0.4, 0.5) is 18.9 Å². The number of nitrogens with zero attached hydrogens (tertiary/aromatic N) is 3. The van der Waals surface area contributed by atoms with Crippen molar-refractivity contribution >= 4 is 17.2 Å². The van der Waals surface area contributed by atoms with Crippen LogP contribution in [0.3, 0.4) is 0 Å². The Morgan fingerprint density at radius 3 is 2.60 bits per heavy atom. The highest BCUT2D eigenvalue weighted by Gasteiger charge is 2.34. The quantitative estimate of drug-likeness (QED) is 0.328. The van der Waals surface area contributed by atoms with Crippen molar-refractivity contribution in [3.8, 4) is 11.8 Å². The number of benzene rings is 2. The first-order chi connectivity index (χ1) is 19.1. The molecule has 5 rings (SSSR count). The van der Waals surface area contributed by atoms with Crippen LogP contribution in [0.15, 0.2) is 60.8 Å². The first-order valence-electron chi connectivity index (χ1n) is 13.1. The van der Waals surface area contributed by atoms with E-state index in [-0.39, 0.29) is 23.4 Å². The van der Waals surface area contributed by atoms with Gasteiger partial charge in [0.05, 0.1) is 17.4 Å². The van der Waals surface area contributed by atoms with Gasteiger partial charge in [0.25, 0.3) is 5.91 Å². The van der Waals surface area contributed by atoms with E-state index in [1.807, 2.05) is 47.5 Å². The van der Waals surface area contributed by atoms with E-state index < -0.39 is 23.8 Å². The largest absolute Gasteiger partial charge is 0.416 e. The van der Waals surface area contributed by atoms with Crippen molar-refractivity contribution in [2.45, 2.75) is 45.5 Å². The van der Waals surface area contributed by atoms with Gasteiger partial charge in [0.2, 0.25) is 0 Å². The number of aromatic nitrogens is 2. The first-order valence-corrected chi connectivity index (χ1v) is 13.1. The van der Waals surface area contributed by atoms with E-state index in [0.29, 0.717) is 31.5 Å². The number of hydrogen-bond acceptors (Lipinski definition) is 4. The molecule has 4 aromatic rings. The Hall–Kier alpha value is -4.13. The maximum absolute atomic E-state index is 13.9. The molecule has 6 nitrogen and oxygen atoms in total. The number of imidazole rings is 1. The molecule has 3 heterocycles. The monoisotopic (exact) mass is 546 g/mol. The van der Waals surface area contributed by atoms with E-state index in [1.54, 1.807) is 18.2 Å². The Balaban J connectivity index is 1.36. The molecule has 0 atom stereocenters. The number of hydrogen-bond donors (Lipinski definition) is 2. The van der Waals surface area contributed by atoms with Gasteiger partial charge in [-0.3, -0.25) is 14.1 Å². The number of aliphatic hydroxyl groups is 1. The molecule has 0 radical (unpaired) electrons. The maximum Gasteiger partial charge on any atom is 0.416 e. The Bertz CT molecular complexity index is 1620. The van der Waals surface area contributed by atoms with Crippen LogP contribution in [0.1, 0.15) is 56.8 Å². The molecule has 0 bridgehead atoms. The fourth-order valence-corrected chi connectivity index (χ4v) is 4.87. The number of carbonyl (C=O) groups excluding carboxylic acids is 1. The molecule has 1 saturated heterocycles. The minimum absolute atomic E-state index is 0.0599. The molecule has 1 aliphatic rings. The molecule has 2 N–H and O–H groups in total. The van der Waals surface area contributed by atoms with Crippen LogP contribution in [0, 0.1) is 25.7 Å². The summed E-state index contributed by atoms with van der Waals surface area (Å²) in [6, 6.07) is 14.6. The number of amides is 1. The molecule has 0 aliphatic carbocycles. The molecular weight excluding hydrogens is 517 g/mol. The molecule has 9 heteroatoms. The lowest BCUT2D eigenvalue weighted by Crippen LogP contribution is -2.35. The molecule has 40 heavy (non-hydrogen) atoms. The maximum atomic E-state index is 13.9. The lowest BCUT2D eigenvalue weighted by Gasteiger charge is -2.30. The summed E-state index contributed by atoms with van der Waals surface area (Å²) < 4.78 is 43.7. The molecule has 2 aromatic heterocycles. The third kappa shape index (κ3) is 6.03. The highest BCUT2D eigenvalue weighted by Crippen LogP contribution is 2.35. The molecule has 1 amide bonds. The van der Waals surface area contributed by atoms with E-state index in [2.05, 4.69) is 22.1 Å². The van der Waals surface area contributed by atoms with Crippen molar-refractivity contribution in [1.82, 2.24) is 14.3 Å². The minimum atomic E-state index is -4.58.